The number of anilines is 1. The second-order valence-corrected chi connectivity index (χ2v) is 8.52. The molecule has 0 radical (unpaired) electrons. The predicted molar refractivity (Wildman–Crippen MR) is 143 cm³/mol. The van der Waals surface area contributed by atoms with E-state index in [1.807, 2.05) is 0 Å². The lowest BCUT2D eigenvalue weighted by molar-refractivity contribution is -0.191. The summed E-state index contributed by atoms with van der Waals surface area (Å²) in [5.74, 6) is -0.485. The number of esters is 1. The van der Waals surface area contributed by atoms with Crippen molar-refractivity contribution in [3.8, 4) is 11.4 Å². The molecular formula is C27H26F6N6O6. The highest BCUT2D eigenvalue weighted by molar-refractivity contribution is 5.70. The third-order valence-corrected chi connectivity index (χ3v) is 5.37. The zero-order chi connectivity index (χ0) is 33.1. The first-order chi connectivity index (χ1) is 20.6. The molecule has 4 rings (SSSR count). The highest BCUT2D eigenvalue weighted by atomic mass is 19.4. The van der Waals surface area contributed by atoms with Gasteiger partial charge in [-0.2, -0.15) is 46.1 Å². The maximum atomic E-state index is 12.6. The van der Waals surface area contributed by atoms with E-state index in [-0.39, 0.29) is 37.7 Å². The number of benzene rings is 2. The monoisotopic (exact) mass is 644 g/mol. The number of carbonyl (C=O) groups excluding carboxylic acids is 4. The van der Waals surface area contributed by atoms with E-state index in [0.717, 1.165) is 22.4 Å². The number of halogens is 6. The fourth-order valence-electron chi connectivity index (χ4n) is 3.41. The van der Waals surface area contributed by atoms with Crippen LogP contribution in [0.15, 0.2) is 60.7 Å². The Balaban J connectivity index is 0.000000406. The van der Waals surface area contributed by atoms with Crippen LogP contribution in [0.3, 0.4) is 0 Å². The van der Waals surface area contributed by atoms with Gasteiger partial charge in [0.25, 0.3) is 0 Å². The number of nitrogens with one attached hydrogen (secondary N) is 1. The molecule has 0 aliphatic carbocycles. The second kappa shape index (κ2) is 16.5. The number of aliphatic hydroxyl groups is 1. The summed E-state index contributed by atoms with van der Waals surface area (Å²) in [5, 5.41) is 18.1. The van der Waals surface area contributed by atoms with Gasteiger partial charge in [0.15, 0.2) is 11.4 Å². The summed E-state index contributed by atoms with van der Waals surface area (Å²) in [4.78, 5) is 37.4. The Labute approximate surface area is 250 Å². The number of ether oxygens (including phenoxy) is 1. The van der Waals surface area contributed by atoms with Gasteiger partial charge < -0.3 is 21.3 Å². The van der Waals surface area contributed by atoms with E-state index in [2.05, 4.69) is 15.5 Å². The van der Waals surface area contributed by atoms with Crippen LogP contribution in [0.25, 0.3) is 11.4 Å². The summed E-state index contributed by atoms with van der Waals surface area (Å²) >= 11 is 0. The van der Waals surface area contributed by atoms with Gasteiger partial charge in [0.05, 0.1) is 18.0 Å². The van der Waals surface area contributed by atoms with Crippen LogP contribution in [0.1, 0.15) is 35.1 Å². The van der Waals surface area contributed by atoms with Crippen LogP contribution < -0.4 is 11.5 Å². The third-order valence-electron chi connectivity index (χ3n) is 5.37. The standard InChI is InChI=1S/C14H13F3N2O2.C12H10F3N3O2.CO2.H3N/c1-9-7-13(14(15,16)17)18-19(9)12-5-3-11(4-6-12)8-21-10(2)20;13-12(14,15)10-5-11(16-7-20)18(17-10)9-3-1-8(6-19)2-4-9;2-1-3;/h3-7H,8H2,1-2H3;1-5,7,19H,6H2,(H,16,20);;1H3. The van der Waals surface area contributed by atoms with E-state index in [0.29, 0.717) is 22.6 Å². The van der Waals surface area contributed by atoms with Crippen molar-refractivity contribution >= 4 is 24.3 Å². The Kier molecular flexibility index (Phi) is 13.8. The van der Waals surface area contributed by atoms with Crippen LogP contribution in [0.4, 0.5) is 32.2 Å². The summed E-state index contributed by atoms with van der Waals surface area (Å²) in [6, 6.07) is 14.4. The highest BCUT2D eigenvalue weighted by Crippen LogP contribution is 2.31. The van der Waals surface area contributed by atoms with Gasteiger partial charge in [0, 0.05) is 18.7 Å². The number of amides is 1. The molecule has 0 aliphatic heterocycles. The average molecular weight is 645 g/mol. The van der Waals surface area contributed by atoms with Gasteiger partial charge in [-0.15, -0.1) is 0 Å². The molecular weight excluding hydrogens is 618 g/mol. The van der Waals surface area contributed by atoms with Gasteiger partial charge in [-0.05, 0) is 48.4 Å². The van der Waals surface area contributed by atoms with Crippen molar-refractivity contribution in [3.63, 3.8) is 0 Å². The third kappa shape index (κ3) is 11.0. The van der Waals surface area contributed by atoms with Crippen LogP contribution in [0.5, 0.6) is 0 Å². The number of aryl methyl sites for hydroxylation is 1. The van der Waals surface area contributed by atoms with E-state index >= 15 is 0 Å². The van der Waals surface area contributed by atoms with Crippen molar-refractivity contribution in [3.05, 3.63) is 88.9 Å². The molecule has 12 nitrogen and oxygen atoms in total. The van der Waals surface area contributed by atoms with Gasteiger partial charge in [-0.3, -0.25) is 9.59 Å². The minimum Gasteiger partial charge on any atom is -0.461 e. The minimum absolute atomic E-state index is 0. The molecule has 0 aliphatic rings. The largest absolute Gasteiger partial charge is 0.461 e. The number of hydrogen-bond acceptors (Lipinski definition) is 9. The first kappa shape index (κ1) is 37.7. The number of rotatable bonds is 7. The number of aliphatic hydroxyl groups excluding tert-OH is 1. The van der Waals surface area contributed by atoms with Crippen LogP contribution in [0, 0.1) is 6.92 Å². The lowest BCUT2D eigenvalue weighted by atomic mass is 10.2. The molecule has 5 N–H and O–H groups in total. The molecule has 0 bridgehead atoms. The van der Waals surface area contributed by atoms with Gasteiger partial charge in [-0.1, -0.05) is 24.3 Å². The molecule has 0 spiro atoms. The zero-order valence-electron chi connectivity index (χ0n) is 23.5. The van der Waals surface area contributed by atoms with Crippen LogP contribution >= 0.6 is 0 Å². The maximum absolute atomic E-state index is 12.6. The first-order valence-corrected chi connectivity index (χ1v) is 12.1. The summed E-state index contributed by atoms with van der Waals surface area (Å²) in [6.45, 7) is 2.81. The molecule has 2 aromatic carbocycles. The summed E-state index contributed by atoms with van der Waals surface area (Å²) in [7, 11) is 0. The Morgan fingerprint density at radius 2 is 1.33 bits per heavy atom. The van der Waals surface area contributed by atoms with Crippen molar-refractivity contribution in [1.82, 2.24) is 25.7 Å². The first-order valence-electron chi connectivity index (χ1n) is 12.1. The SMILES string of the molecule is CC(=O)OCc1ccc(-n2nc(C(F)(F)F)cc2C)cc1.N.O=C=O.O=CNc1cc(C(F)(F)F)nn1-c1ccc(CO)cc1. The van der Waals surface area contributed by atoms with E-state index in [9.17, 15) is 35.9 Å². The molecule has 0 saturated heterocycles. The van der Waals surface area contributed by atoms with Crippen molar-refractivity contribution < 1.29 is 55.4 Å². The van der Waals surface area contributed by atoms with E-state index in [1.165, 1.54) is 23.7 Å². The Hall–Kier alpha value is -5.32. The van der Waals surface area contributed by atoms with E-state index in [4.69, 9.17) is 19.4 Å². The predicted octanol–water partition coefficient (Wildman–Crippen LogP) is 4.79. The van der Waals surface area contributed by atoms with Gasteiger partial charge in [-0.25, -0.2) is 9.36 Å². The van der Waals surface area contributed by atoms with Crippen LogP contribution in [-0.2, 0) is 49.5 Å². The molecule has 18 heteroatoms. The Morgan fingerprint density at radius 1 is 0.889 bits per heavy atom. The molecule has 0 unspecified atom stereocenters. The van der Waals surface area contributed by atoms with E-state index in [1.54, 1.807) is 43.3 Å². The number of alkyl halides is 6. The maximum Gasteiger partial charge on any atom is 0.435 e. The topological polar surface area (TPSA) is 180 Å². The van der Waals surface area contributed by atoms with Crippen molar-refractivity contribution in [2.45, 2.75) is 39.4 Å². The van der Waals surface area contributed by atoms with Gasteiger partial charge in [0.1, 0.15) is 12.4 Å². The molecule has 0 saturated carbocycles. The lowest BCUT2D eigenvalue weighted by Crippen LogP contribution is -2.08. The Bertz CT molecular complexity index is 1580. The van der Waals surface area contributed by atoms with Crippen LogP contribution in [-0.4, -0.2) is 43.2 Å². The molecule has 4 aromatic rings. The summed E-state index contributed by atoms with van der Waals surface area (Å²) < 4.78 is 82.8. The van der Waals surface area contributed by atoms with Gasteiger partial charge >= 0.3 is 24.5 Å². The minimum atomic E-state index is -4.60. The number of hydrogen-bond donors (Lipinski definition) is 3. The molecule has 242 valence electrons. The van der Waals surface area contributed by atoms with Crippen molar-refractivity contribution in [2.24, 2.45) is 0 Å². The molecule has 45 heavy (non-hydrogen) atoms. The van der Waals surface area contributed by atoms with Gasteiger partial charge in [0.2, 0.25) is 6.41 Å². The smallest absolute Gasteiger partial charge is 0.435 e. The quantitative estimate of drug-likeness (QED) is 0.145. The van der Waals surface area contributed by atoms with E-state index < -0.39 is 29.7 Å². The second-order valence-electron chi connectivity index (χ2n) is 8.52. The zero-order valence-corrected chi connectivity index (χ0v) is 23.5. The Morgan fingerprint density at radius 3 is 1.76 bits per heavy atom. The van der Waals surface area contributed by atoms with Crippen molar-refractivity contribution in [1.29, 1.82) is 0 Å². The normalized spacial score (nSPS) is 10.6. The average Bonchev–Trinajstić information content (AvgIpc) is 3.57. The summed E-state index contributed by atoms with van der Waals surface area (Å²) in [5.41, 5.74) is 0.556. The highest BCUT2D eigenvalue weighted by Gasteiger charge is 2.35. The fraction of sp³-hybridized carbons (Fsp3) is 0.222. The molecule has 2 heterocycles. The summed E-state index contributed by atoms with van der Waals surface area (Å²) in [6.07, 6.45) is -8.54. The molecule has 2 aromatic heterocycles. The lowest BCUT2D eigenvalue weighted by Gasteiger charge is -2.07. The number of nitrogens with zero attached hydrogens (tertiary/aromatic N) is 4. The molecule has 1 amide bonds. The number of carbonyl (C=O) groups is 2. The number of aromatic nitrogens is 4. The van der Waals surface area contributed by atoms with Crippen LogP contribution in [0.2, 0.25) is 0 Å². The van der Waals surface area contributed by atoms with Crippen molar-refractivity contribution in [2.75, 3.05) is 5.32 Å². The molecule has 0 atom stereocenters. The molecule has 0 fully saturated rings. The fourth-order valence-corrected chi connectivity index (χ4v) is 3.41.